The fourth-order valence-corrected chi connectivity index (χ4v) is 2.39. The lowest BCUT2D eigenvalue weighted by molar-refractivity contribution is -0.141. The highest BCUT2D eigenvalue weighted by atomic mass is 32.2. The molecule has 1 amide bonds. The molecule has 0 aliphatic rings. The number of nitrogens with one attached hydrogen (secondary N) is 1. The minimum Gasteiger partial charge on any atom is -0.496 e. The number of para-hydroxylation sites is 1. The van der Waals surface area contributed by atoms with Gasteiger partial charge in [-0.2, -0.15) is 0 Å². The van der Waals surface area contributed by atoms with Gasteiger partial charge in [0.25, 0.3) is 0 Å². The molecule has 0 saturated heterocycles. The maximum atomic E-state index is 11.7. The van der Waals surface area contributed by atoms with Crippen LogP contribution in [0.25, 0.3) is 0 Å². The molecule has 3 N–H and O–H groups in total. The molecule has 0 spiro atoms. The van der Waals surface area contributed by atoms with Crippen molar-refractivity contribution in [1.82, 2.24) is 5.32 Å². The molecule has 1 rings (SSSR count). The third-order valence-corrected chi connectivity index (χ3v) is 3.76. The molecule has 1 atom stereocenters. The quantitative estimate of drug-likeness (QED) is 0.681. The van der Waals surface area contributed by atoms with Crippen molar-refractivity contribution in [2.75, 3.05) is 25.7 Å². The third-order valence-electron chi connectivity index (χ3n) is 2.70. The first kappa shape index (κ1) is 17.3. The molecule has 0 radical (unpaired) electrons. The molecular formula is C14H20N2O4S. The Morgan fingerprint density at radius 2 is 2.05 bits per heavy atom. The summed E-state index contributed by atoms with van der Waals surface area (Å²) in [5, 5.41) is 2.79. The van der Waals surface area contributed by atoms with E-state index in [-0.39, 0.29) is 11.7 Å². The Balaban J connectivity index is 2.30. The molecule has 0 aromatic heterocycles. The maximum Gasteiger partial charge on any atom is 0.323 e. The highest BCUT2D eigenvalue weighted by molar-refractivity contribution is 8.00. The van der Waals surface area contributed by atoms with E-state index in [2.05, 4.69) is 10.1 Å². The predicted octanol–water partition coefficient (Wildman–Crippen LogP) is 0.545. The van der Waals surface area contributed by atoms with Gasteiger partial charge in [-0.05, 0) is 6.07 Å². The minimum absolute atomic E-state index is 0.122. The highest BCUT2D eigenvalue weighted by Crippen LogP contribution is 2.16. The minimum atomic E-state index is -0.706. The lowest BCUT2D eigenvalue weighted by atomic mass is 10.2. The normalized spacial score (nSPS) is 11.6. The lowest BCUT2D eigenvalue weighted by Crippen LogP contribution is -2.34. The first-order valence-corrected chi connectivity index (χ1v) is 7.53. The van der Waals surface area contributed by atoms with Crippen LogP contribution < -0.4 is 15.8 Å². The number of methoxy groups -OCH3 is 2. The van der Waals surface area contributed by atoms with Gasteiger partial charge >= 0.3 is 5.97 Å². The molecule has 0 aliphatic carbocycles. The smallest absolute Gasteiger partial charge is 0.323 e. The van der Waals surface area contributed by atoms with E-state index in [0.29, 0.717) is 12.3 Å². The van der Waals surface area contributed by atoms with Crippen LogP contribution in [0.4, 0.5) is 0 Å². The van der Waals surface area contributed by atoms with Crippen LogP contribution in [-0.4, -0.2) is 43.6 Å². The Kier molecular flexibility index (Phi) is 7.63. The molecule has 6 nitrogen and oxygen atoms in total. The second-order valence-corrected chi connectivity index (χ2v) is 5.26. The molecule has 0 aliphatic heterocycles. The van der Waals surface area contributed by atoms with Crippen LogP contribution in [0.1, 0.15) is 5.56 Å². The predicted molar refractivity (Wildman–Crippen MR) is 82.2 cm³/mol. The standard InChI is InChI=1S/C14H20N2O4S/c1-19-12-6-4-3-5-10(12)7-16-13(17)9-21-8-11(15)14(18)20-2/h3-6,11H,7-9,15H2,1-2H3,(H,16,17). The number of hydrogen-bond donors (Lipinski definition) is 2. The van der Waals surface area contributed by atoms with Crippen molar-refractivity contribution in [2.45, 2.75) is 12.6 Å². The largest absolute Gasteiger partial charge is 0.496 e. The van der Waals surface area contributed by atoms with Crippen molar-refractivity contribution >= 4 is 23.6 Å². The van der Waals surface area contributed by atoms with Gasteiger partial charge in [-0.3, -0.25) is 9.59 Å². The Morgan fingerprint density at radius 3 is 2.71 bits per heavy atom. The monoisotopic (exact) mass is 312 g/mol. The molecule has 0 saturated carbocycles. The van der Waals surface area contributed by atoms with E-state index in [1.807, 2.05) is 24.3 Å². The number of hydrogen-bond acceptors (Lipinski definition) is 6. The summed E-state index contributed by atoms with van der Waals surface area (Å²) < 4.78 is 9.71. The zero-order valence-corrected chi connectivity index (χ0v) is 12.9. The SMILES string of the molecule is COC(=O)C(N)CSCC(=O)NCc1ccccc1OC. The summed E-state index contributed by atoms with van der Waals surface area (Å²) in [7, 11) is 2.87. The van der Waals surface area contributed by atoms with Crippen LogP contribution in [0.2, 0.25) is 0 Å². The number of ether oxygens (including phenoxy) is 2. The van der Waals surface area contributed by atoms with E-state index < -0.39 is 12.0 Å². The summed E-state index contributed by atoms with van der Waals surface area (Å²) in [6, 6.07) is 6.77. The average molecular weight is 312 g/mol. The number of amides is 1. The van der Waals surface area contributed by atoms with E-state index in [1.165, 1.54) is 18.9 Å². The number of benzene rings is 1. The van der Waals surface area contributed by atoms with Crippen LogP contribution >= 0.6 is 11.8 Å². The molecule has 0 bridgehead atoms. The summed E-state index contributed by atoms with van der Waals surface area (Å²) in [6.07, 6.45) is 0. The van der Waals surface area contributed by atoms with Crippen LogP contribution in [-0.2, 0) is 20.9 Å². The molecule has 21 heavy (non-hydrogen) atoms. The first-order valence-electron chi connectivity index (χ1n) is 6.38. The van der Waals surface area contributed by atoms with Crippen molar-refractivity contribution in [3.8, 4) is 5.75 Å². The second kappa shape index (κ2) is 9.25. The van der Waals surface area contributed by atoms with Crippen molar-refractivity contribution < 1.29 is 19.1 Å². The number of carbonyl (C=O) groups excluding carboxylic acids is 2. The Labute approximate surface area is 128 Å². The zero-order chi connectivity index (χ0) is 15.7. The first-order chi connectivity index (χ1) is 10.1. The van der Waals surface area contributed by atoms with E-state index in [0.717, 1.165) is 11.3 Å². The van der Waals surface area contributed by atoms with E-state index >= 15 is 0 Å². The molecule has 1 unspecified atom stereocenters. The van der Waals surface area contributed by atoms with Gasteiger partial charge in [-0.25, -0.2) is 0 Å². The number of thioether (sulfide) groups is 1. The van der Waals surface area contributed by atoms with E-state index in [4.69, 9.17) is 10.5 Å². The summed E-state index contributed by atoms with van der Waals surface area (Å²) >= 11 is 1.29. The van der Waals surface area contributed by atoms with Crippen molar-refractivity contribution in [2.24, 2.45) is 5.73 Å². The van der Waals surface area contributed by atoms with E-state index in [9.17, 15) is 9.59 Å². The van der Waals surface area contributed by atoms with Gasteiger partial charge in [-0.1, -0.05) is 18.2 Å². The fraction of sp³-hybridized carbons (Fsp3) is 0.429. The Hall–Kier alpha value is -1.73. The Bertz CT molecular complexity index is 482. The molecule has 1 aromatic rings. The average Bonchev–Trinajstić information content (AvgIpc) is 2.52. The Morgan fingerprint density at radius 1 is 1.33 bits per heavy atom. The molecule has 0 fully saturated rings. The van der Waals surface area contributed by atoms with Crippen LogP contribution in [0.5, 0.6) is 5.75 Å². The number of carbonyl (C=O) groups is 2. The lowest BCUT2D eigenvalue weighted by Gasteiger charge is -2.10. The van der Waals surface area contributed by atoms with Crippen molar-refractivity contribution in [3.05, 3.63) is 29.8 Å². The topological polar surface area (TPSA) is 90.7 Å². The van der Waals surface area contributed by atoms with Crippen LogP contribution in [0.15, 0.2) is 24.3 Å². The molecule has 116 valence electrons. The van der Waals surface area contributed by atoms with Gasteiger partial charge in [0.05, 0.1) is 20.0 Å². The van der Waals surface area contributed by atoms with Crippen molar-refractivity contribution in [1.29, 1.82) is 0 Å². The van der Waals surface area contributed by atoms with Gasteiger partial charge in [0.15, 0.2) is 0 Å². The van der Waals surface area contributed by atoms with Gasteiger partial charge in [0, 0.05) is 17.9 Å². The number of nitrogens with two attached hydrogens (primary N) is 1. The van der Waals surface area contributed by atoms with Gasteiger partial charge < -0.3 is 20.5 Å². The summed E-state index contributed by atoms with van der Waals surface area (Å²) in [4.78, 5) is 22.8. The third kappa shape index (κ3) is 6.05. The fourth-order valence-electron chi connectivity index (χ4n) is 1.59. The zero-order valence-electron chi connectivity index (χ0n) is 12.1. The summed E-state index contributed by atoms with van der Waals surface area (Å²) in [5.74, 6) is 0.715. The van der Waals surface area contributed by atoms with Gasteiger partial charge in [0.1, 0.15) is 11.8 Å². The maximum absolute atomic E-state index is 11.7. The molecular weight excluding hydrogens is 292 g/mol. The second-order valence-electron chi connectivity index (χ2n) is 4.23. The molecule has 1 aromatic carbocycles. The highest BCUT2D eigenvalue weighted by Gasteiger charge is 2.14. The van der Waals surface area contributed by atoms with Crippen LogP contribution in [0.3, 0.4) is 0 Å². The number of rotatable bonds is 8. The molecule has 0 heterocycles. The summed E-state index contributed by atoms with van der Waals surface area (Å²) in [5.41, 5.74) is 6.48. The van der Waals surface area contributed by atoms with Gasteiger partial charge in [0.2, 0.25) is 5.91 Å². The number of esters is 1. The molecule has 7 heteroatoms. The van der Waals surface area contributed by atoms with E-state index in [1.54, 1.807) is 7.11 Å². The van der Waals surface area contributed by atoms with Gasteiger partial charge in [-0.15, -0.1) is 11.8 Å². The van der Waals surface area contributed by atoms with Crippen LogP contribution in [0, 0.1) is 0 Å². The van der Waals surface area contributed by atoms with Crippen molar-refractivity contribution in [3.63, 3.8) is 0 Å². The summed E-state index contributed by atoms with van der Waals surface area (Å²) in [6.45, 7) is 0.395.